The molecule has 0 saturated carbocycles. The fourth-order valence-corrected chi connectivity index (χ4v) is 3.97. The van der Waals surface area contributed by atoms with Crippen LogP contribution in [-0.4, -0.2) is 33.8 Å². The van der Waals surface area contributed by atoms with Crippen molar-refractivity contribution in [2.75, 3.05) is 13.7 Å². The van der Waals surface area contributed by atoms with Crippen molar-refractivity contribution in [2.24, 2.45) is 10.9 Å². The third-order valence-electron chi connectivity index (χ3n) is 5.21. The van der Waals surface area contributed by atoms with Crippen LogP contribution in [0.15, 0.2) is 51.0 Å². The van der Waals surface area contributed by atoms with E-state index in [4.69, 9.17) is 32.7 Å². The number of halogens is 2. The lowest BCUT2D eigenvalue weighted by Crippen LogP contribution is -2.51. The number of carbonyl (C=O) groups is 1. The number of methoxy groups -OCH3 is 1. The van der Waals surface area contributed by atoms with Crippen molar-refractivity contribution in [2.45, 2.75) is 33.9 Å². The number of rotatable bonds is 8. The molecule has 35 heavy (non-hydrogen) atoms. The Labute approximate surface area is 211 Å². The van der Waals surface area contributed by atoms with Crippen molar-refractivity contribution >= 4 is 34.9 Å². The number of ether oxygens (including phenoxy) is 2. The van der Waals surface area contributed by atoms with Crippen LogP contribution in [0.2, 0.25) is 10.0 Å². The summed E-state index contributed by atoms with van der Waals surface area (Å²) in [5, 5.41) is 0.483. The summed E-state index contributed by atoms with van der Waals surface area (Å²) in [7, 11) is 1.25. The zero-order valence-electron chi connectivity index (χ0n) is 19.8. The molecule has 0 saturated heterocycles. The molecule has 1 aromatic heterocycles. The first-order chi connectivity index (χ1) is 16.6. The van der Waals surface area contributed by atoms with Gasteiger partial charge in [-0.15, -0.1) is 0 Å². The number of hydrogen-bond donors (Lipinski definition) is 1. The Bertz CT molecular complexity index is 1380. The molecule has 0 aliphatic rings. The second kappa shape index (κ2) is 11.4. The standard InChI is InChI=1S/C24H26Cl2N4O5/c1-5-35-20-18(25)10-17(11-19(20)26)27-22-28-23(32)30(12-15(3)21(31)34-4)24(33)29(22)13-16-8-6-14(2)7-9-16/h6-11,15H,5,12-13H2,1-4H3,(H,27,28,32)/t15-/m0/s1. The normalized spacial score (nSPS) is 12.5. The molecule has 9 nitrogen and oxygen atoms in total. The molecule has 11 heteroatoms. The number of hydrogen-bond acceptors (Lipinski definition) is 6. The summed E-state index contributed by atoms with van der Waals surface area (Å²) in [5.74, 6) is -0.921. The minimum atomic E-state index is -0.715. The first-order valence-electron chi connectivity index (χ1n) is 10.9. The van der Waals surface area contributed by atoms with E-state index in [1.165, 1.54) is 23.8 Å². The van der Waals surface area contributed by atoms with Crippen molar-refractivity contribution in [3.05, 3.63) is 84.2 Å². The van der Waals surface area contributed by atoms with Crippen LogP contribution in [0.25, 0.3) is 0 Å². The molecule has 0 aliphatic heterocycles. The van der Waals surface area contributed by atoms with Crippen LogP contribution in [0, 0.1) is 12.8 Å². The van der Waals surface area contributed by atoms with Gasteiger partial charge < -0.3 is 9.47 Å². The number of aromatic amines is 1. The lowest BCUT2D eigenvalue weighted by atomic mass is 10.1. The number of benzene rings is 2. The molecule has 0 spiro atoms. The molecule has 0 unspecified atom stereocenters. The van der Waals surface area contributed by atoms with E-state index in [2.05, 4.69) is 9.98 Å². The average Bonchev–Trinajstić information content (AvgIpc) is 2.82. The van der Waals surface area contributed by atoms with Gasteiger partial charge in [0.05, 0.1) is 41.9 Å². The number of nitrogens with one attached hydrogen (secondary N) is 1. The quantitative estimate of drug-likeness (QED) is 0.457. The Hall–Kier alpha value is -3.30. The van der Waals surface area contributed by atoms with Crippen molar-refractivity contribution in [1.82, 2.24) is 14.1 Å². The zero-order chi connectivity index (χ0) is 25.7. The van der Waals surface area contributed by atoms with E-state index in [-0.39, 0.29) is 28.8 Å². The first kappa shape index (κ1) is 26.3. The van der Waals surface area contributed by atoms with Gasteiger partial charge in [-0.2, -0.15) is 0 Å². The molecule has 0 bridgehead atoms. The maximum absolute atomic E-state index is 13.4. The first-order valence-corrected chi connectivity index (χ1v) is 11.6. The Morgan fingerprint density at radius 1 is 1.11 bits per heavy atom. The third-order valence-corrected chi connectivity index (χ3v) is 5.77. The van der Waals surface area contributed by atoms with Crippen LogP contribution >= 0.6 is 23.2 Å². The maximum atomic E-state index is 13.4. The maximum Gasteiger partial charge on any atom is 0.335 e. The number of H-pyrrole nitrogens is 1. The Kier molecular flexibility index (Phi) is 8.58. The van der Waals surface area contributed by atoms with Gasteiger partial charge in [-0.25, -0.2) is 19.1 Å². The highest BCUT2D eigenvalue weighted by Crippen LogP contribution is 2.36. The zero-order valence-corrected chi connectivity index (χ0v) is 21.3. The Morgan fingerprint density at radius 2 is 1.74 bits per heavy atom. The van der Waals surface area contributed by atoms with E-state index in [0.29, 0.717) is 18.0 Å². The molecular weight excluding hydrogens is 495 g/mol. The van der Waals surface area contributed by atoms with Crippen molar-refractivity contribution in [3.8, 4) is 5.75 Å². The highest BCUT2D eigenvalue weighted by molar-refractivity contribution is 6.37. The van der Waals surface area contributed by atoms with E-state index >= 15 is 0 Å². The average molecular weight is 521 g/mol. The van der Waals surface area contributed by atoms with Crippen LogP contribution in [-0.2, 0) is 22.6 Å². The monoisotopic (exact) mass is 520 g/mol. The molecule has 186 valence electrons. The smallest absolute Gasteiger partial charge is 0.335 e. The molecule has 3 aromatic rings. The largest absolute Gasteiger partial charge is 0.491 e. The lowest BCUT2D eigenvalue weighted by Gasteiger charge is -2.14. The molecule has 2 aromatic carbocycles. The summed E-state index contributed by atoms with van der Waals surface area (Å²) in [5.41, 5.74) is 0.847. The fraction of sp³-hybridized carbons (Fsp3) is 0.333. The van der Waals surface area contributed by atoms with Gasteiger partial charge in [0, 0.05) is 6.54 Å². The lowest BCUT2D eigenvalue weighted by molar-refractivity contribution is -0.145. The van der Waals surface area contributed by atoms with Gasteiger partial charge in [0.15, 0.2) is 5.75 Å². The minimum absolute atomic E-state index is 0.00107. The van der Waals surface area contributed by atoms with E-state index in [0.717, 1.165) is 15.7 Å². The SMILES string of the molecule is CCOc1c(Cl)cc(/N=c2\[nH]c(=O)n(C[C@H](C)C(=O)OC)c(=O)n2Cc2ccc(C)cc2)cc1Cl. The molecule has 0 fully saturated rings. The van der Waals surface area contributed by atoms with Crippen LogP contribution < -0.4 is 21.7 Å². The van der Waals surface area contributed by atoms with Crippen molar-refractivity contribution in [1.29, 1.82) is 0 Å². The van der Waals surface area contributed by atoms with Gasteiger partial charge >= 0.3 is 17.3 Å². The van der Waals surface area contributed by atoms with Gasteiger partial charge in [0.2, 0.25) is 5.62 Å². The van der Waals surface area contributed by atoms with Crippen LogP contribution in [0.1, 0.15) is 25.0 Å². The van der Waals surface area contributed by atoms with E-state index in [1.54, 1.807) is 13.8 Å². The van der Waals surface area contributed by atoms with Crippen molar-refractivity contribution < 1.29 is 14.3 Å². The summed E-state index contributed by atoms with van der Waals surface area (Å²) in [6, 6.07) is 10.6. The predicted molar refractivity (Wildman–Crippen MR) is 134 cm³/mol. The highest BCUT2D eigenvalue weighted by atomic mass is 35.5. The molecule has 1 N–H and O–H groups in total. The topological polar surface area (TPSA) is 108 Å². The number of aryl methyl sites for hydroxylation is 1. The van der Waals surface area contributed by atoms with Crippen LogP contribution in [0.5, 0.6) is 5.75 Å². The number of aromatic nitrogens is 3. The number of carbonyl (C=O) groups excluding carboxylic acids is 1. The van der Waals surface area contributed by atoms with Gasteiger partial charge in [-0.1, -0.05) is 60.0 Å². The minimum Gasteiger partial charge on any atom is -0.491 e. The molecule has 0 amide bonds. The molecular formula is C24H26Cl2N4O5. The van der Waals surface area contributed by atoms with Crippen LogP contribution in [0.3, 0.4) is 0 Å². The Balaban J connectivity index is 2.20. The second-order valence-electron chi connectivity index (χ2n) is 7.93. The van der Waals surface area contributed by atoms with E-state index < -0.39 is 23.3 Å². The number of nitrogens with zero attached hydrogens (tertiary/aromatic N) is 3. The molecule has 0 aliphatic carbocycles. The van der Waals surface area contributed by atoms with Gasteiger partial charge in [0.1, 0.15) is 0 Å². The molecule has 3 rings (SSSR count). The predicted octanol–water partition coefficient (Wildman–Crippen LogP) is 3.44. The summed E-state index contributed by atoms with van der Waals surface area (Å²) in [6.07, 6.45) is 0. The van der Waals surface area contributed by atoms with Crippen molar-refractivity contribution in [3.63, 3.8) is 0 Å². The molecule has 1 heterocycles. The van der Waals surface area contributed by atoms with E-state index in [1.807, 2.05) is 31.2 Å². The Morgan fingerprint density at radius 3 is 2.31 bits per heavy atom. The van der Waals surface area contributed by atoms with Gasteiger partial charge in [-0.3, -0.25) is 14.3 Å². The molecule has 0 radical (unpaired) electrons. The van der Waals surface area contributed by atoms with Crippen LogP contribution in [0.4, 0.5) is 5.69 Å². The van der Waals surface area contributed by atoms with Gasteiger partial charge in [-0.05, 0) is 31.5 Å². The number of esters is 1. The highest BCUT2D eigenvalue weighted by Gasteiger charge is 2.18. The molecule has 1 atom stereocenters. The summed E-state index contributed by atoms with van der Waals surface area (Å²) < 4.78 is 12.4. The summed E-state index contributed by atoms with van der Waals surface area (Å²) in [4.78, 5) is 45.2. The van der Waals surface area contributed by atoms with E-state index in [9.17, 15) is 14.4 Å². The van der Waals surface area contributed by atoms with Gasteiger partial charge in [0.25, 0.3) is 0 Å². The summed E-state index contributed by atoms with van der Waals surface area (Å²) >= 11 is 12.6. The second-order valence-corrected chi connectivity index (χ2v) is 8.74. The third kappa shape index (κ3) is 6.23. The fourth-order valence-electron chi connectivity index (χ4n) is 3.39. The summed E-state index contributed by atoms with van der Waals surface area (Å²) in [6.45, 7) is 5.68.